The van der Waals surface area contributed by atoms with Crippen LogP contribution in [0.4, 0.5) is 4.39 Å². The molecule has 0 aromatic rings. The number of nitrogens with zero attached hydrogens (tertiary/aromatic N) is 2. The summed E-state index contributed by atoms with van der Waals surface area (Å²) in [4.78, 5) is 4.66. The van der Waals surface area contributed by atoms with Crippen molar-refractivity contribution in [3.63, 3.8) is 0 Å². The summed E-state index contributed by atoms with van der Waals surface area (Å²) >= 11 is 0. The Morgan fingerprint density at radius 3 is 2.81 bits per heavy atom. The predicted molar refractivity (Wildman–Crippen MR) is 87.2 cm³/mol. The van der Waals surface area contributed by atoms with E-state index < -0.39 is 0 Å². The van der Waals surface area contributed by atoms with Crippen LogP contribution in [-0.2, 0) is 0 Å². The minimum atomic E-state index is -0.143. The maximum atomic E-state index is 13.3. The second kappa shape index (κ2) is 7.48. The number of allylic oxidation sites excluding steroid dienone is 7. The van der Waals surface area contributed by atoms with Crippen LogP contribution in [0.3, 0.4) is 0 Å². The van der Waals surface area contributed by atoms with Crippen LogP contribution < -0.4 is 0 Å². The zero-order chi connectivity index (χ0) is 15.2. The van der Waals surface area contributed by atoms with Gasteiger partial charge in [0, 0.05) is 37.7 Å². The van der Waals surface area contributed by atoms with Crippen molar-refractivity contribution in [1.82, 2.24) is 9.80 Å². The molecule has 0 unspecified atom stereocenters. The maximum Gasteiger partial charge on any atom is 0.119 e. The standard InChI is InChI=1S/C18H27FN2/c1-4-8-17-18(11-5-6-14-20(17)2)21(3)16-10-7-9-15(19)12-13-16/h9-10,12-13H,4-8,11,14H2,1-3H3. The van der Waals surface area contributed by atoms with Gasteiger partial charge in [-0.2, -0.15) is 0 Å². The van der Waals surface area contributed by atoms with Gasteiger partial charge in [-0.3, -0.25) is 0 Å². The van der Waals surface area contributed by atoms with Gasteiger partial charge in [0.25, 0.3) is 0 Å². The molecular weight excluding hydrogens is 263 g/mol. The minimum absolute atomic E-state index is 0.143. The van der Waals surface area contributed by atoms with Crippen molar-refractivity contribution in [2.45, 2.75) is 45.4 Å². The van der Waals surface area contributed by atoms with E-state index in [2.05, 4.69) is 36.9 Å². The first-order valence-corrected chi connectivity index (χ1v) is 8.04. The van der Waals surface area contributed by atoms with Crippen LogP contribution in [-0.4, -0.2) is 30.4 Å². The Hall–Kier alpha value is -1.51. The molecule has 0 saturated carbocycles. The quantitative estimate of drug-likeness (QED) is 0.737. The molecule has 0 amide bonds. The predicted octanol–water partition coefficient (Wildman–Crippen LogP) is 4.74. The molecule has 116 valence electrons. The Morgan fingerprint density at radius 1 is 1.24 bits per heavy atom. The van der Waals surface area contributed by atoms with E-state index in [0.29, 0.717) is 6.42 Å². The largest absolute Gasteiger partial charge is 0.376 e. The zero-order valence-electron chi connectivity index (χ0n) is 13.5. The van der Waals surface area contributed by atoms with Gasteiger partial charge in [0.2, 0.25) is 0 Å². The van der Waals surface area contributed by atoms with E-state index in [1.54, 1.807) is 12.2 Å². The zero-order valence-corrected chi connectivity index (χ0v) is 13.5. The van der Waals surface area contributed by atoms with E-state index in [1.807, 2.05) is 6.08 Å². The molecule has 2 rings (SSSR count). The summed E-state index contributed by atoms with van der Waals surface area (Å²) in [5.74, 6) is -0.143. The molecule has 21 heavy (non-hydrogen) atoms. The fourth-order valence-electron chi connectivity index (χ4n) is 3.07. The number of halogens is 1. The lowest BCUT2D eigenvalue weighted by molar-refractivity contribution is 0.384. The third kappa shape index (κ3) is 3.99. The molecule has 2 aliphatic rings. The van der Waals surface area contributed by atoms with Crippen LogP contribution in [0.2, 0.25) is 0 Å². The lowest BCUT2D eigenvalue weighted by Gasteiger charge is -2.30. The van der Waals surface area contributed by atoms with Crippen LogP contribution in [0.15, 0.2) is 47.2 Å². The van der Waals surface area contributed by atoms with Crippen molar-refractivity contribution in [3.8, 4) is 0 Å². The van der Waals surface area contributed by atoms with Crippen LogP contribution in [0.5, 0.6) is 0 Å². The molecule has 2 nitrogen and oxygen atoms in total. The maximum absolute atomic E-state index is 13.3. The van der Waals surface area contributed by atoms with Gasteiger partial charge in [-0.05, 0) is 50.3 Å². The Morgan fingerprint density at radius 2 is 2.05 bits per heavy atom. The van der Waals surface area contributed by atoms with E-state index >= 15 is 0 Å². The van der Waals surface area contributed by atoms with E-state index in [9.17, 15) is 4.39 Å². The second-order valence-electron chi connectivity index (χ2n) is 5.87. The molecule has 1 heterocycles. The van der Waals surface area contributed by atoms with Crippen molar-refractivity contribution in [3.05, 3.63) is 47.2 Å². The van der Waals surface area contributed by atoms with E-state index in [-0.39, 0.29) is 5.83 Å². The molecular formula is C18H27FN2. The molecule has 3 heteroatoms. The van der Waals surface area contributed by atoms with Crippen molar-refractivity contribution in [2.24, 2.45) is 0 Å². The van der Waals surface area contributed by atoms with Gasteiger partial charge in [-0.1, -0.05) is 19.4 Å². The normalized spacial score (nSPS) is 19.9. The summed E-state index contributed by atoms with van der Waals surface area (Å²) in [7, 11) is 4.31. The Kier molecular flexibility index (Phi) is 5.66. The Bertz CT molecular complexity index is 485. The van der Waals surface area contributed by atoms with Crippen LogP contribution in [0.1, 0.15) is 45.4 Å². The highest BCUT2D eigenvalue weighted by Gasteiger charge is 2.19. The number of hydrogen-bond donors (Lipinski definition) is 0. The van der Waals surface area contributed by atoms with Gasteiger partial charge >= 0.3 is 0 Å². The van der Waals surface area contributed by atoms with Crippen molar-refractivity contribution >= 4 is 0 Å². The summed E-state index contributed by atoms with van der Waals surface area (Å²) < 4.78 is 13.3. The first kappa shape index (κ1) is 15.9. The van der Waals surface area contributed by atoms with Crippen molar-refractivity contribution in [1.29, 1.82) is 0 Å². The van der Waals surface area contributed by atoms with Crippen molar-refractivity contribution < 1.29 is 4.39 Å². The van der Waals surface area contributed by atoms with Crippen LogP contribution >= 0.6 is 0 Å². The molecule has 0 atom stereocenters. The average molecular weight is 290 g/mol. The van der Waals surface area contributed by atoms with E-state index in [4.69, 9.17) is 0 Å². The molecule has 0 saturated heterocycles. The number of hydrogen-bond acceptors (Lipinski definition) is 2. The molecule has 1 aliphatic carbocycles. The molecule has 0 fully saturated rings. The highest BCUT2D eigenvalue weighted by molar-refractivity contribution is 5.32. The Balaban J connectivity index is 2.29. The van der Waals surface area contributed by atoms with Gasteiger partial charge in [-0.15, -0.1) is 0 Å². The highest BCUT2D eigenvalue weighted by atomic mass is 19.1. The monoisotopic (exact) mass is 290 g/mol. The van der Waals surface area contributed by atoms with Gasteiger partial charge in [-0.25, -0.2) is 4.39 Å². The van der Waals surface area contributed by atoms with Crippen LogP contribution in [0.25, 0.3) is 0 Å². The topological polar surface area (TPSA) is 6.48 Å². The summed E-state index contributed by atoms with van der Waals surface area (Å²) in [5.41, 5.74) is 3.94. The molecule has 0 spiro atoms. The second-order valence-corrected chi connectivity index (χ2v) is 5.87. The van der Waals surface area contributed by atoms with Gasteiger partial charge in [0.1, 0.15) is 5.83 Å². The lowest BCUT2D eigenvalue weighted by atomic mass is 10.1. The van der Waals surface area contributed by atoms with Gasteiger partial charge < -0.3 is 9.80 Å². The summed E-state index contributed by atoms with van der Waals surface area (Å²) in [6.45, 7) is 3.37. The summed E-state index contributed by atoms with van der Waals surface area (Å²) in [6.07, 6.45) is 13.7. The highest BCUT2D eigenvalue weighted by Crippen LogP contribution is 2.29. The van der Waals surface area contributed by atoms with E-state index in [0.717, 1.165) is 31.5 Å². The van der Waals surface area contributed by atoms with E-state index in [1.165, 1.54) is 24.2 Å². The first-order chi connectivity index (χ1) is 10.1. The lowest BCUT2D eigenvalue weighted by Crippen LogP contribution is -2.24. The van der Waals surface area contributed by atoms with Crippen molar-refractivity contribution in [2.75, 3.05) is 20.6 Å². The fraction of sp³-hybridized carbons (Fsp3) is 0.556. The third-order valence-corrected chi connectivity index (χ3v) is 4.28. The molecule has 0 radical (unpaired) electrons. The summed E-state index contributed by atoms with van der Waals surface area (Å²) in [6, 6.07) is 0. The molecule has 0 bridgehead atoms. The number of rotatable bonds is 4. The summed E-state index contributed by atoms with van der Waals surface area (Å²) in [5, 5.41) is 0. The smallest absolute Gasteiger partial charge is 0.119 e. The molecule has 0 N–H and O–H groups in total. The minimum Gasteiger partial charge on any atom is -0.376 e. The van der Waals surface area contributed by atoms with Gasteiger partial charge in [0.05, 0.1) is 0 Å². The fourth-order valence-corrected chi connectivity index (χ4v) is 3.07. The third-order valence-electron chi connectivity index (χ3n) is 4.28. The van der Waals surface area contributed by atoms with Gasteiger partial charge in [0.15, 0.2) is 0 Å². The average Bonchev–Trinajstić information content (AvgIpc) is 2.79. The first-order valence-electron chi connectivity index (χ1n) is 8.04. The molecule has 0 aromatic carbocycles. The molecule has 0 aromatic heterocycles. The molecule has 1 aliphatic heterocycles. The SMILES string of the molecule is CCCC1=C(N(C)C2=CCC=C(F)C=C2)CCCCN1C. The number of likely N-dealkylation sites (N-methyl/N-ethyl adjacent to an activating group) is 1. The Labute approximate surface area is 128 Å². The van der Waals surface area contributed by atoms with Crippen LogP contribution in [0, 0.1) is 0 Å².